The average Bonchev–Trinajstić information content (AvgIpc) is 2.90. The van der Waals surface area contributed by atoms with E-state index in [0.29, 0.717) is 35.3 Å². The quantitative estimate of drug-likeness (QED) is 0.142. The van der Waals surface area contributed by atoms with Crippen molar-refractivity contribution in [3.63, 3.8) is 0 Å². The molecule has 198 valence electrons. The normalized spacial score (nSPS) is 13.4. The molecule has 3 unspecified atom stereocenters. The Bertz CT molecular complexity index is 1050. The van der Waals surface area contributed by atoms with Crippen molar-refractivity contribution in [1.82, 2.24) is 0 Å². The van der Waals surface area contributed by atoms with Crippen LogP contribution in [0.15, 0.2) is 66.8 Å². The number of ether oxygens (including phenoxy) is 3. The van der Waals surface area contributed by atoms with E-state index >= 15 is 0 Å². The van der Waals surface area contributed by atoms with Gasteiger partial charge in [-0.1, -0.05) is 39.0 Å². The summed E-state index contributed by atoms with van der Waals surface area (Å²) in [5.41, 5.74) is 1.41. The highest BCUT2D eigenvalue weighted by Gasteiger charge is 2.22. The van der Waals surface area contributed by atoms with E-state index in [1.807, 2.05) is 20.8 Å². The predicted octanol–water partition coefficient (Wildman–Crippen LogP) is 5.70. The zero-order valence-electron chi connectivity index (χ0n) is 21.7. The van der Waals surface area contributed by atoms with Gasteiger partial charge < -0.3 is 19.3 Å². The van der Waals surface area contributed by atoms with Crippen LogP contribution >= 0.6 is 0 Å². The van der Waals surface area contributed by atoms with Crippen LogP contribution in [-0.4, -0.2) is 41.6 Å². The Labute approximate surface area is 218 Å². The van der Waals surface area contributed by atoms with Gasteiger partial charge in [0.2, 0.25) is 0 Å². The molecule has 0 bridgehead atoms. The maximum absolute atomic E-state index is 12.6. The minimum atomic E-state index is -0.864. The Morgan fingerprint density at radius 2 is 1.68 bits per heavy atom. The lowest BCUT2D eigenvalue weighted by molar-refractivity contribution is -0.142. The molecule has 0 saturated heterocycles. The molecule has 0 fully saturated rings. The number of carbonyl (C=O) groups excluding carboxylic acids is 3. The van der Waals surface area contributed by atoms with Gasteiger partial charge in [-0.25, -0.2) is 9.59 Å². The third kappa shape index (κ3) is 10.4. The first-order valence-electron chi connectivity index (χ1n) is 12.5. The number of benzene rings is 2. The smallest absolute Gasteiger partial charge is 0.343 e. The lowest BCUT2D eigenvalue weighted by Crippen LogP contribution is -2.32. The second-order valence-corrected chi connectivity index (χ2v) is 8.82. The number of aliphatic hydroxyl groups excluding tert-OH is 1. The number of hydrogen-bond donors (Lipinski definition) is 1. The second kappa shape index (κ2) is 15.4. The van der Waals surface area contributed by atoms with E-state index in [1.54, 1.807) is 54.6 Å². The summed E-state index contributed by atoms with van der Waals surface area (Å²) in [5.74, 6) is -0.0778. The fourth-order valence-electron chi connectivity index (χ4n) is 3.33. The van der Waals surface area contributed by atoms with Gasteiger partial charge in [-0.2, -0.15) is 0 Å². The standard InChI is InChI=1S/C30H36O7/c1-5-7-8-28(27(32)19-21(3)20-31)36-25-16-12-24(13-17-25)30(34)37-26-14-9-23(10-15-26)11-18-29(33)35-22(4)6-2/h9-18,20,22,27-28,32H,3,5-8,19H2,1-2,4H3/b18-11+. The zero-order valence-corrected chi connectivity index (χ0v) is 21.7. The van der Waals surface area contributed by atoms with Crippen LogP contribution in [-0.2, 0) is 14.3 Å². The topological polar surface area (TPSA) is 99.1 Å². The zero-order chi connectivity index (χ0) is 27.2. The van der Waals surface area contributed by atoms with Crippen LogP contribution in [0.5, 0.6) is 11.5 Å². The second-order valence-electron chi connectivity index (χ2n) is 8.82. The van der Waals surface area contributed by atoms with Gasteiger partial charge in [-0.3, -0.25) is 4.79 Å². The van der Waals surface area contributed by atoms with Crippen molar-refractivity contribution in [3.8, 4) is 11.5 Å². The van der Waals surface area contributed by atoms with Gasteiger partial charge in [0.15, 0.2) is 0 Å². The van der Waals surface area contributed by atoms with Gasteiger partial charge in [0.25, 0.3) is 0 Å². The molecule has 3 atom stereocenters. The molecule has 0 aliphatic carbocycles. The van der Waals surface area contributed by atoms with Crippen LogP contribution in [0, 0.1) is 0 Å². The molecule has 2 rings (SSSR count). The van der Waals surface area contributed by atoms with Crippen LogP contribution in [0.2, 0.25) is 0 Å². The summed E-state index contributed by atoms with van der Waals surface area (Å²) in [6, 6.07) is 13.2. The largest absolute Gasteiger partial charge is 0.488 e. The summed E-state index contributed by atoms with van der Waals surface area (Å²) in [6.07, 6.45) is 5.43. The van der Waals surface area contributed by atoms with Crippen LogP contribution in [0.3, 0.4) is 0 Å². The molecule has 0 aromatic heterocycles. The highest BCUT2D eigenvalue weighted by molar-refractivity contribution is 5.91. The molecule has 0 radical (unpaired) electrons. The molecule has 7 nitrogen and oxygen atoms in total. The molecular weight excluding hydrogens is 472 g/mol. The highest BCUT2D eigenvalue weighted by Crippen LogP contribution is 2.22. The molecule has 0 spiro atoms. The molecule has 0 saturated carbocycles. The van der Waals surface area contributed by atoms with Crippen LogP contribution in [0.1, 0.15) is 68.8 Å². The first-order chi connectivity index (χ1) is 17.7. The fourth-order valence-corrected chi connectivity index (χ4v) is 3.33. The van der Waals surface area contributed by atoms with E-state index in [0.717, 1.165) is 24.8 Å². The van der Waals surface area contributed by atoms with Crippen molar-refractivity contribution < 1.29 is 33.7 Å². The van der Waals surface area contributed by atoms with Gasteiger partial charge >= 0.3 is 11.9 Å². The minimum absolute atomic E-state index is 0.137. The van der Waals surface area contributed by atoms with E-state index in [4.69, 9.17) is 14.2 Å². The first kappa shape index (κ1) is 29.5. The van der Waals surface area contributed by atoms with E-state index < -0.39 is 24.1 Å². The van der Waals surface area contributed by atoms with Crippen molar-refractivity contribution in [2.24, 2.45) is 0 Å². The van der Waals surface area contributed by atoms with Gasteiger partial charge in [0.05, 0.1) is 17.8 Å². The minimum Gasteiger partial charge on any atom is -0.488 e. The molecule has 37 heavy (non-hydrogen) atoms. The molecule has 2 aromatic carbocycles. The Balaban J connectivity index is 1.96. The number of esters is 2. The van der Waals surface area contributed by atoms with Gasteiger partial charge in [-0.05, 0) is 79.8 Å². The third-order valence-corrected chi connectivity index (χ3v) is 5.68. The average molecular weight is 509 g/mol. The summed E-state index contributed by atoms with van der Waals surface area (Å²) in [6.45, 7) is 9.44. The molecule has 0 aliphatic heterocycles. The van der Waals surface area contributed by atoms with Crippen LogP contribution in [0.25, 0.3) is 6.08 Å². The van der Waals surface area contributed by atoms with Gasteiger partial charge in [0, 0.05) is 12.5 Å². The fraction of sp³-hybridized carbons (Fsp3) is 0.367. The summed E-state index contributed by atoms with van der Waals surface area (Å²) in [7, 11) is 0. The number of unbranched alkanes of at least 4 members (excludes halogenated alkanes) is 1. The monoisotopic (exact) mass is 508 g/mol. The molecule has 7 heteroatoms. The Kier molecular flexibility index (Phi) is 12.3. The lowest BCUT2D eigenvalue weighted by Gasteiger charge is -2.24. The first-order valence-corrected chi connectivity index (χ1v) is 12.5. The third-order valence-electron chi connectivity index (χ3n) is 5.68. The number of rotatable bonds is 15. The number of aliphatic hydroxyl groups is 1. The number of hydrogen-bond acceptors (Lipinski definition) is 7. The van der Waals surface area contributed by atoms with Crippen molar-refractivity contribution in [1.29, 1.82) is 0 Å². The van der Waals surface area contributed by atoms with E-state index in [9.17, 15) is 19.5 Å². The van der Waals surface area contributed by atoms with E-state index in [1.165, 1.54) is 6.08 Å². The highest BCUT2D eigenvalue weighted by atomic mass is 16.5. The summed E-state index contributed by atoms with van der Waals surface area (Å²) in [4.78, 5) is 35.2. The maximum atomic E-state index is 12.6. The molecule has 2 aromatic rings. The van der Waals surface area contributed by atoms with Crippen molar-refractivity contribution in [2.45, 2.75) is 71.2 Å². The number of carbonyl (C=O) groups is 3. The van der Waals surface area contributed by atoms with E-state index in [-0.39, 0.29) is 12.5 Å². The molecular formula is C30H36O7. The SMILES string of the molecule is C=C(C=O)CC(O)C(CCCC)Oc1ccc(C(=O)Oc2ccc(/C=C/C(=O)OC(C)CC)cc2)cc1. The Morgan fingerprint density at radius 1 is 1.03 bits per heavy atom. The van der Waals surface area contributed by atoms with Crippen molar-refractivity contribution in [3.05, 3.63) is 77.9 Å². The van der Waals surface area contributed by atoms with Gasteiger partial charge in [0.1, 0.15) is 23.9 Å². The maximum Gasteiger partial charge on any atom is 0.343 e. The van der Waals surface area contributed by atoms with Crippen molar-refractivity contribution in [2.75, 3.05) is 0 Å². The number of aldehydes is 1. The van der Waals surface area contributed by atoms with Crippen molar-refractivity contribution >= 4 is 24.3 Å². The summed E-state index contributed by atoms with van der Waals surface area (Å²) in [5, 5.41) is 10.5. The van der Waals surface area contributed by atoms with Crippen LogP contribution < -0.4 is 9.47 Å². The Hall–Kier alpha value is -3.71. The predicted molar refractivity (Wildman–Crippen MR) is 142 cm³/mol. The summed E-state index contributed by atoms with van der Waals surface area (Å²) >= 11 is 0. The van der Waals surface area contributed by atoms with E-state index in [2.05, 4.69) is 6.58 Å². The molecule has 0 aliphatic rings. The Morgan fingerprint density at radius 3 is 2.27 bits per heavy atom. The lowest BCUT2D eigenvalue weighted by atomic mass is 10.0. The van der Waals surface area contributed by atoms with Crippen LogP contribution in [0.4, 0.5) is 0 Å². The molecule has 1 N–H and O–H groups in total. The van der Waals surface area contributed by atoms with Gasteiger partial charge in [-0.15, -0.1) is 0 Å². The summed E-state index contributed by atoms with van der Waals surface area (Å²) < 4.78 is 16.6. The molecule has 0 heterocycles. The molecule has 0 amide bonds.